The van der Waals surface area contributed by atoms with Crippen LogP contribution in [0.3, 0.4) is 0 Å². The fourth-order valence-corrected chi connectivity index (χ4v) is 3.26. The Morgan fingerprint density at radius 2 is 2.00 bits per heavy atom. The maximum absolute atomic E-state index is 12.6. The highest BCUT2D eigenvalue weighted by molar-refractivity contribution is 6.17. The predicted octanol–water partition coefficient (Wildman–Crippen LogP) is 3.95. The van der Waals surface area contributed by atoms with E-state index in [1.807, 2.05) is 0 Å². The van der Waals surface area contributed by atoms with Crippen molar-refractivity contribution in [1.82, 2.24) is 5.32 Å². The topological polar surface area (TPSA) is 29.1 Å². The SMILES string of the molecule is CC(C)(C)C(CCCl)NC(=O)C1CCc2ccccc2C1. The number of fused-ring (bicyclic) bond motifs is 1. The average Bonchev–Trinajstić information content (AvgIpc) is 2.45. The van der Waals surface area contributed by atoms with Gasteiger partial charge in [-0.3, -0.25) is 4.79 Å². The van der Waals surface area contributed by atoms with Crippen LogP contribution < -0.4 is 5.32 Å². The van der Waals surface area contributed by atoms with Crippen molar-refractivity contribution in [3.63, 3.8) is 0 Å². The molecule has 1 aromatic carbocycles. The van der Waals surface area contributed by atoms with Crippen LogP contribution in [-0.2, 0) is 17.6 Å². The van der Waals surface area contributed by atoms with Gasteiger partial charge in [0.1, 0.15) is 0 Å². The first kappa shape index (κ1) is 16.4. The standard InChI is InChI=1S/C18H26ClNO/c1-18(2,3)16(10-11-19)20-17(21)15-9-8-13-6-4-5-7-14(13)12-15/h4-7,15-16H,8-12H2,1-3H3,(H,20,21). The highest BCUT2D eigenvalue weighted by Gasteiger charge is 2.30. The lowest BCUT2D eigenvalue weighted by Gasteiger charge is -2.33. The van der Waals surface area contributed by atoms with E-state index in [0.717, 1.165) is 25.7 Å². The Labute approximate surface area is 133 Å². The molecular formula is C18H26ClNO. The van der Waals surface area contributed by atoms with E-state index in [2.05, 4.69) is 50.4 Å². The fraction of sp³-hybridized carbons (Fsp3) is 0.611. The van der Waals surface area contributed by atoms with Crippen LogP contribution in [0.2, 0.25) is 0 Å². The van der Waals surface area contributed by atoms with Crippen molar-refractivity contribution in [2.45, 2.75) is 52.5 Å². The molecule has 0 saturated carbocycles. The van der Waals surface area contributed by atoms with Gasteiger partial charge in [-0.15, -0.1) is 11.6 Å². The molecule has 2 nitrogen and oxygen atoms in total. The minimum absolute atomic E-state index is 0.0388. The first-order valence-corrected chi connectivity index (χ1v) is 8.38. The molecule has 0 spiro atoms. The second-order valence-corrected chi connectivity index (χ2v) is 7.49. The van der Waals surface area contributed by atoms with Gasteiger partial charge in [0.05, 0.1) is 0 Å². The van der Waals surface area contributed by atoms with Gasteiger partial charge in [-0.1, -0.05) is 45.0 Å². The number of amides is 1. The largest absolute Gasteiger partial charge is 0.353 e. The summed E-state index contributed by atoms with van der Waals surface area (Å²) in [6.07, 6.45) is 3.63. The third-order valence-electron chi connectivity index (χ3n) is 4.48. The van der Waals surface area contributed by atoms with E-state index in [-0.39, 0.29) is 23.3 Å². The van der Waals surface area contributed by atoms with Crippen molar-refractivity contribution in [1.29, 1.82) is 0 Å². The van der Waals surface area contributed by atoms with E-state index in [9.17, 15) is 4.79 Å². The van der Waals surface area contributed by atoms with Gasteiger partial charge in [0.25, 0.3) is 0 Å². The van der Waals surface area contributed by atoms with Gasteiger partial charge < -0.3 is 5.32 Å². The molecule has 0 heterocycles. The molecule has 116 valence electrons. The Hall–Kier alpha value is -1.02. The summed E-state index contributed by atoms with van der Waals surface area (Å²) in [4.78, 5) is 12.6. The maximum atomic E-state index is 12.6. The Kier molecular flexibility index (Phi) is 5.32. The summed E-state index contributed by atoms with van der Waals surface area (Å²) in [5.41, 5.74) is 2.76. The number of alkyl halides is 1. The summed E-state index contributed by atoms with van der Waals surface area (Å²) in [6.45, 7) is 6.46. The van der Waals surface area contributed by atoms with Crippen LogP contribution >= 0.6 is 11.6 Å². The Balaban J connectivity index is 2.01. The number of halogens is 1. The van der Waals surface area contributed by atoms with E-state index < -0.39 is 0 Å². The highest BCUT2D eigenvalue weighted by Crippen LogP contribution is 2.27. The van der Waals surface area contributed by atoms with Crippen LogP contribution in [-0.4, -0.2) is 17.8 Å². The highest BCUT2D eigenvalue weighted by atomic mass is 35.5. The van der Waals surface area contributed by atoms with Crippen LogP contribution in [0.1, 0.15) is 44.7 Å². The molecule has 0 aromatic heterocycles. The summed E-state index contributed by atoms with van der Waals surface area (Å²) >= 11 is 5.89. The maximum Gasteiger partial charge on any atom is 0.223 e. The molecule has 1 aliphatic rings. The molecule has 1 aromatic rings. The molecule has 21 heavy (non-hydrogen) atoms. The number of hydrogen-bond acceptors (Lipinski definition) is 1. The lowest BCUT2D eigenvalue weighted by molar-refractivity contribution is -0.126. The number of aryl methyl sites for hydroxylation is 1. The monoisotopic (exact) mass is 307 g/mol. The predicted molar refractivity (Wildman–Crippen MR) is 88.7 cm³/mol. The smallest absolute Gasteiger partial charge is 0.223 e. The minimum Gasteiger partial charge on any atom is -0.353 e. The summed E-state index contributed by atoms with van der Waals surface area (Å²) in [7, 11) is 0. The van der Waals surface area contributed by atoms with Crippen molar-refractivity contribution in [2.24, 2.45) is 11.3 Å². The minimum atomic E-state index is 0.0388. The van der Waals surface area contributed by atoms with E-state index in [1.54, 1.807) is 0 Å². The molecule has 1 aliphatic carbocycles. The van der Waals surface area contributed by atoms with Gasteiger partial charge >= 0.3 is 0 Å². The second kappa shape index (κ2) is 6.83. The number of hydrogen-bond donors (Lipinski definition) is 1. The fourth-order valence-electron chi connectivity index (χ4n) is 3.04. The Morgan fingerprint density at radius 3 is 2.62 bits per heavy atom. The zero-order valence-electron chi connectivity index (χ0n) is 13.3. The van der Waals surface area contributed by atoms with Crippen LogP contribution in [0, 0.1) is 11.3 Å². The molecule has 0 bridgehead atoms. The van der Waals surface area contributed by atoms with E-state index in [0.29, 0.717) is 5.88 Å². The average molecular weight is 308 g/mol. The van der Waals surface area contributed by atoms with Gasteiger partial charge in [-0.05, 0) is 42.2 Å². The van der Waals surface area contributed by atoms with Crippen LogP contribution in [0.15, 0.2) is 24.3 Å². The van der Waals surface area contributed by atoms with Crippen molar-refractivity contribution < 1.29 is 4.79 Å². The molecule has 0 fully saturated rings. The Bertz CT molecular complexity index is 492. The van der Waals surface area contributed by atoms with Gasteiger partial charge in [0.2, 0.25) is 5.91 Å². The number of benzene rings is 1. The van der Waals surface area contributed by atoms with E-state index in [4.69, 9.17) is 11.6 Å². The van der Waals surface area contributed by atoms with Gasteiger partial charge in [0, 0.05) is 17.8 Å². The van der Waals surface area contributed by atoms with Crippen LogP contribution in [0.25, 0.3) is 0 Å². The van der Waals surface area contributed by atoms with Crippen LogP contribution in [0.4, 0.5) is 0 Å². The molecule has 0 radical (unpaired) electrons. The molecular weight excluding hydrogens is 282 g/mol. The van der Waals surface area contributed by atoms with E-state index >= 15 is 0 Å². The number of carbonyl (C=O) groups is 1. The molecule has 1 amide bonds. The third-order valence-corrected chi connectivity index (χ3v) is 4.70. The quantitative estimate of drug-likeness (QED) is 0.838. The summed E-state index contributed by atoms with van der Waals surface area (Å²) in [6, 6.07) is 8.60. The normalized spacial score (nSPS) is 19.7. The van der Waals surface area contributed by atoms with Crippen molar-refractivity contribution in [3.05, 3.63) is 35.4 Å². The lowest BCUT2D eigenvalue weighted by atomic mass is 9.81. The first-order chi connectivity index (χ1) is 9.91. The molecule has 2 unspecified atom stereocenters. The number of nitrogens with one attached hydrogen (secondary N) is 1. The number of carbonyl (C=O) groups excluding carboxylic acids is 1. The third kappa shape index (κ3) is 4.23. The van der Waals surface area contributed by atoms with Crippen molar-refractivity contribution in [3.8, 4) is 0 Å². The lowest BCUT2D eigenvalue weighted by Crippen LogP contribution is -2.47. The molecule has 2 rings (SSSR count). The number of rotatable bonds is 4. The van der Waals surface area contributed by atoms with Crippen LogP contribution in [0.5, 0.6) is 0 Å². The zero-order chi connectivity index (χ0) is 15.5. The zero-order valence-corrected chi connectivity index (χ0v) is 14.0. The molecule has 2 atom stereocenters. The first-order valence-electron chi connectivity index (χ1n) is 7.85. The molecule has 0 saturated heterocycles. The van der Waals surface area contributed by atoms with Gasteiger partial charge in [0.15, 0.2) is 0 Å². The van der Waals surface area contributed by atoms with Crippen molar-refractivity contribution >= 4 is 17.5 Å². The molecule has 3 heteroatoms. The summed E-state index contributed by atoms with van der Waals surface area (Å²) in [5, 5.41) is 3.24. The molecule has 1 N–H and O–H groups in total. The van der Waals surface area contributed by atoms with Gasteiger partial charge in [-0.2, -0.15) is 0 Å². The summed E-state index contributed by atoms with van der Waals surface area (Å²) < 4.78 is 0. The van der Waals surface area contributed by atoms with E-state index in [1.165, 1.54) is 11.1 Å². The Morgan fingerprint density at radius 1 is 1.33 bits per heavy atom. The van der Waals surface area contributed by atoms with Crippen molar-refractivity contribution in [2.75, 3.05) is 5.88 Å². The molecule has 0 aliphatic heterocycles. The second-order valence-electron chi connectivity index (χ2n) is 7.11. The van der Waals surface area contributed by atoms with Gasteiger partial charge in [-0.25, -0.2) is 0 Å². The summed E-state index contributed by atoms with van der Waals surface area (Å²) in [5.74, 6) is 0.866.